The molecule has 1 saturated heterocycles. The molecule has 2 aliphatic rings. The topological polar surface area (TPSA) is 47.5 Å². The highest BCUT2D eigenvalue weighted by molar-refractivity contribution is 7.09. The van der Waals surface area contributed by atoms with Crippen LogP contribution in [0.3, 0.4) is 0 Å². The van der Waals surface area contributed by atoms with Crippen molar-refractivity contribution in [1.29, 1.82) is 0 Å². The van der Waals surface area contributed by atoms with Gasteiger partial charge < -0.3 is 9.47 Å². The summed E-state index contributed by atoms with van der Waals surface area (Å²) in [5.74, 6) is 0.828. The lowest BCUT2D eigenvalue weighted by Crippen LogP contribution is -2.51. The Morgan fingerprint density at radius 2 is 2.36 bits per heavy atom. The molecule has 5 nitrogen and oxygen atoms in total. The van der Waals surface area contributed by atoms with Crippen LogP contribution in [0.5, 0.6) is 5.75 Å². The molecule has 3 atom stereocenters. The molecule has 0 aromatic carbocycles. The van der Waals surface area contributed by atoms with E-state index in [0.29, 0.717) is 6.04 Å². The smallest absolute Gasteiger partial charge is 0.138 e. The van der Waals surface area contributed by atoms with Crippen molar-refractivity contribution >= 4 is 11.3 Å². The zero-order valence-corrected chi connectivity index (χ0v) is 13.1. The van der Waals surface area contributed by atoms with Crippen LogP contribution in [0.4, 0.5) is 0 Å². The molecule has 3 heterocycles. The standard InChI is InChI=1S/C16H19N3O2S/c1-2-12(10-17-5-1)21-14-4-3-13-16(14)20-8-7-19(13)11-15-18-6-9-22-15/h1-2,5-6,9-10,13-14,16H,3-4,7-8,11H2/t13-,14+,16+/m0/s1. The van der Waals surface area contributed by atoms with Crippen molar-refractivity contribution in [2.45, 2.75) is 37.6 Å². The van der Waals surface area contributed by atoms with Gasteiger partial charge in [0, 0.05) is 30.4 Å². The molecule has 116 valence electrons. The molecule has 0 bridgehead atoms. The normalized spacial score (nSPS) is 28.5. The first kappa shape index (κ1) is 14.1. The summed E-state index contributed by atoms with van der Waals surface area (Å²) >= 11 is 1.72. The summed E-state index contributed by atoms with van der Waals surface area (Å²) in [5, 5.41) is 3.22. The third-order valence-electron chi connectivity index (χ3n) is 4.39. The van der Waals surface area contributed by atoms with Crippen molar-refractivity contribution in [3.8, 4) is 5.75 Å². The summed E-state index contributed by atoms with van der Waals surface area (Å²) in [5.41, 5.74) is 0. The molecule has 2 aromatic heterocycles. The number of pyridine rings is 1. The Hall–Kier alpha value is -1.50. The van der Waals surface area contributed by atoms with Crippen LogP contribution in [0.15, 0.2) is 36.1 Å². The summed E-state index contributed by atoms with van der Waals surface area (Å²) in [7, 11) is 0. The summed E-state index contributed by atoms with van der Waals surface area (Å²) in [4.78, 5) is 11.0. The first-order chi connectivity index (χ1) is 10.9. The van der Waals surface area contributed by atoms with Gasteiger partial charge in [-0.15, -0.1) is 11.3 Å². The van der Waals surface area contributed by atoms with Crippen molar-refractivity contribution in [3.05, 3.63) is 41.1 Å². The molecule has 2 fully saturated rings. The quantitative estimate of drug-likeness (QED) is 0.866. The van der Waals surface area contributed by atoms with Crippen LogP contribution in [0.1, 0.15) is 17.8 Å². The lowest BCUT2D eigenvalue weighted by molar-refractivity contribution is -0.0916. The second-order valence-electron chi connectivity index (χ2n) is 5.72. The third-order valence-corrected chi connectivity index (χ3v) is 5.16. The van der Waals surface area contributed by atoms with Crippen LogP contribution in [0, 0.1) is 0 Å². The predicted molar refractivity (Wildman–Crippen MR) is 83.9 cm³/mol. The highest BCUT2D eigenvalue weighted by Crippen LogP contribution is 2.33. The minimum atomic E-state index is 0.119. The number of fused-ring (bicyclic) bond motifs is 1. The SMILES string of the molecule is c1cncc(O[C@@H]2CC[C@H]3[C@H]2OCCN3Cc2nccs2)c1. The molecule has 1 saturated carbocycles. The van der Waals surface area contributed by atoms with E-state index in [4.69, 9.17) is 9.47 Å². The summed E-state index contributed by atoms with van der Waals surface area (Å²) in [6.07, 6.45) is 7.81. The van der Waals surface area contributed by atoms with E-state index in [9.17, 15) is 0 Å². The minimum Gasteiger partial charge on any atom is -0.486 e. The molecule has 0 unspecified atom stereocenters. The van der Waals surface area contributed by atoms with E-state index in [0.717, 1.165) is 38.3 Å². The number of hydrogen-bond donors (Lipinski definition) is 0. The van der Waals surface area contributed by atoms with Gasteiger partial charge >= 0.3 is 0 Å². The maximum absolute atomic E-state index is 6.10. The van der Waals surface area contributed by atoms with Crippen LogP contribution < -0.4 is 4.74 Å². The molecule has 0 spiro atoms. The number of aromatic nitrogens is 2. The molecule has 0 radical (unpaired) electrons. The molecular formula is C16H19N3O2S. The van der Waals surface area contributed by atoms with Crippen LogP contribution in [-0.2, 0) is 11.3 Å². The molecule has 1 aliphatic heterocycles. The Bertz CT molecular complexity index is 593. The molecule has 6 heteroatoms. The Balaban J connectivity index is 1.44. The van der Waals surface area contributed by atoms with Gasteiger partial charge in [0.05, 0.1) is 19.3 Å². The predicted octanol–water partition coefficient (Wildman–Crippen LogP) is 2.35. The number of rotatable bonds is 4. The van der Waals surface area contributed by atoms with E-state index in [-0.39, 0.29) is 12.2 Å². The first-order valence-corrected chi connectivity index (χ1v) is 8.59. The Kier molecular flexibility index (Phi) is 4.05. The number of morpholine rings is 1. The van der Waals surface area contributed by atoms with Crippen LogP contribution >= 0.6 is 11.3 Å². The monoisotopic (exact) mass is 317 g/mol. The van der Waals surface area contributed by atoms with Gasteiger partial charge in [-0.05, 0) is 25.0 Å². The zero-order chi connectivity index (χ0) is 14.8. The minimum absolute atomic E-state index is 0.119. The Morgan fingerprint density at radius 1 is 1.36 bits per heavy atom. The van der Waals surface area contributed by atoms with Gasteiger partial charge in [0.15, 0.2) is 0 Å². The summed E-state index contributed by atoms with van der Waals surface area (Å²) in [6.45, 7) is 2.65. The lowest BCUT2D eigenvalue weighted by Gasteiger charge is -2.38. The molecule has 4 rings (SSSR count). The van der Waals surface area contributed by atoms with E-state index in [1.54, 1.807) is 23.7 Å². The highest BCUT2D eigenvalue weighted by atomic mass is 32.1. The van der Waals surface area contributed by atoms with Crippen molar-refractivity contribution < 1.29 is 9.47 Å². The lowest BCUT2D eigenvalue weighted by atomic mass is 10.1. The van der Waals surface area contributed by atoms with Gasteiger partial charge in [-0.2, -0.15) is 0 Å². The number of thiazole rings is 1. The molecule has 2 aromatic rings. The highest BCUT2D eigenvalue weighted by Gasteiger charge is 2.44. The van der Waals surface area contributed by atoms with E-state index < -0.39 is 0 Å². The number of ether oxygens (including phenoxy) is 2. The average molecular weight is 317 g/mol. The molecule has 22 heavy (non-hydrogen) atoms. The molecule has 0 N–H and O–H groups in total. The van der Waals surface area contributed by atoms with Crippen molar-refractivity contribution in [1.82, 2.24) is 14.9 Å². The largest absolute Gasteiger partial charge is 0.486 e. The Labute approximate surface area is 133 Å². The maximum atomic E-state index is 6.10. The fraction of sp³-hybridized carbons (Fsp3) is 0.500. The fourth-order valence-corrected chi connectivity index (χ4v) is 4.05. The second kappa shape index (κ2) is 6.32. The van der Waals surface area contributed by atoms with Gasteiger partial charge in [0.2, 0.25) is 0 Å². The fourth-order valence-electron chi connectivity index (χ4n) is 3.41. The Morgan fingerprint density at radius 3 is 3.18 bits per heavy atom. The van der Waals surface area contributed by atoms with Crippen LogP contribution in [0.25, 0.3) is 0 Å². The van der Waals surface area contributed by atoms with E-state index in [1.807, 2.05) is 23.7 Å². The van der Waals surface area contributed by atoms with Gasteiger partial charge in [-0.3, -0.25) is 9.88 Å². The van der Waals surface area contributed by atoms with E-state index >= 15 is 0 Å². The first-order valence-electron chi connectivity index (χ1n) is 7.71. The second-order valence-corrected chi connectivity index (χ2v) is 6.70. The van der Waals surface area contributed by atoms with Crippen molar-refractivity contribution in [2.24, 2.45) is 0 Å². The third kappa shape index (κ3) is 2.86. The van der Waals surface area contributed by atoms with Gasteiger partial charge in [0.1, 0.15) is 23.0 Å². The molecular weight excluding hydrogens is 298 g/mol. The van der Waals surface area contributed by atoms with Crippen molar-refractivity contribution in [3.63, 3.8) is 0 Å². The zero-order valence-electron chi connectivity index (χ0n) is 12.3. The van der Waals surface area contributed by atoms with E-state index in [1.165, 1.54) is 5.01 Å². The average Bonchev–Trinajstić information content (AvgIpc) is 3.19. The van der Waals surface area contributed by atoms with Crippen molar-refractivity contribution in [2.75, 3.05) is 13.2 Å². The van der Waals surface area contributed by atoms with Crippen LogP contribution in [-0.4, -0.2) is 46.3 Å². The number of nitrogens with zero attached hydrogens (tertiary/aromatic N) is 3. The van der Waals surface area contributed by atoms with Gasteiger partial charge in [0.25, 0.3) is 0 Å². The molecule has 1 aliphatic carbocycles. The maximum Gasteiger partial charge on any atom is 0.138 e. The van der Waals surface area contributed by atoms with Gasteiger partial charge in [-0.1, -0.05) is 0 Å². The van der Waals surface area contributed by atoms with E-state index in [2.05, 4.69) is 14.9 Å². The summed E-state index contributed by atoms with van der Waals surface area (Å²) < 4.78 is 12.1. The van der Waals surface area contributed by atoms with Gasteiger partial charge in [-0.25, -0.2) is 4.98 Å². The summed E-state index contributed by atoms with van der Waals surface area (Å²) in [6, 6.07) is 4.29. The van der Waals surface area contributed by atoms with Crippen LogP contribution in [0.2, 0.25) is 0 Å². The number of hydrogen-bond acceptors (Lipinski definition) is 6. The molecule has 0 amide bonds.